The Morgan fingerprint density at radius 3 is 2.57 bits per heavy atom. The standard InChI is InChI=1S/C22H27NO7/c1-3-21(24)29-15-14-27-13-12-26-11-10-23-22(25)30-20-7-5-6-17-16-18(28-4-2)8-9-19(17)20/h3,5-9,16H,1,4,10-15H2,2H3,(H,23,25). The average Bonchev–Trinajstić information content (AvgIpc) is 2.75. The monoisotopic (exact) mass is 417 g/mol. The number of rotatable bonds is 13. The molecule has 30 heavy (non-hydrogen) atoms. The van der Waals surface area contributed by atoms with Crippen LogP contribution in [0.3, 0.4) is 0 Å². The van der Waals surface area contributed by atoms with Crippen LogP contribution in [-0.4, -0.2) is 58.2 Å². The van der Waals surface area contributed by atoms with Crippen molar-refractivity contribution in [2.24, 2.45) is 0 Å². The van der Waals surface area contributed by atoms with Gasteiger partial charge in [0.25, 0.3) is 0 Å². The number of ether oxygens (including phenoxy) is 5. The van der Waals surface area contributed by atoms with Gasteiger partial charge in [-0.2, -0.15) is 0 Å². The van der Waals surface area contributed by atoms with Crippen LogP contribution in [0.2, 0.25) is 0 Å². The first kappa shape index (κ1) is 23.2. The molecule has 1 N–H and O–H groups in total. The predicted octanol–water partition coefficient (Wildman–Crippen LogP) is 3.09. The third kappa shape index (κ3) is 8.10. The topological polar surface area (TPSA) is 92.3 Å². The lowest BCUT2D eigenvalue weighted by Crippen LogP contribution is -2.30. The van der Waals surface area contributed by atoms with Gasteiger partial charge in [0, 0.05) is 18.0 Å². The number of hydrogen-bond donors (Lipinski definition) is 1. The van der Waals surface area contributed by atoms with Gasteiger partial charge in [0.2, 0.25) is 0 Å². The third-order valence-corrected chi connectivity index (χ3v) is 3.85. The Hall–Kier alpha value is -3.10. The molecule has 8 heteroatoms. The molecule has 0 saturated heterocycles. The number of hydrogen-bond acceptors (Lipinski definition) is 7. The van der Waals surface area contributed by atoms with Crippen LogP contribution in [0, 0.1) is 0 Å². The van der Waals surface area contributed by atoms with Gasteiger partial charge >= 0.3 is 12.1 Å². The van der Waals surface area contributed by atoms with Gasteiger partial charge < -0.3 is 29.0 Å². The summed E-state index contributed by atoms with van der Waals surface area (Å²) in [5.41, 5.74) is 0. The fourth-order valence-corrected chi connectivity index (χ4v) is 2.52. The van der Waals surface area contributed by atoms with Gasteiger partial charge in [-0.3, -0.25) is 0 Å². The van der Waals surface area contributed by atoms with E-state index in [1.165, 1.54) is 0 Å². The zero-order valence-corrected chi connectivity index (χ0v) is 17.1. The Morgan fingerprint density at radius 2 is 1.80 bits per heavy atom. The molecule has 0 fully saturated rings. The second kappa shape index (κ2) is 13.2. The molecular weight excluding hydrogens is 390 g/mol. The molecule has 0 aromatic heterocycles. The van der Waals surface area contributed by atoms with Crippen LogP contribution in [0.1, 0.15) is 6.92 Å². The number of fused-ring (bicyclic) bond motifs is 1. The number of nitrogens with one attached hydrogen (secondary N) is 1. The van der Waals surface area contributed by atoms with Gasteiger partial charge in [0.15, 0.2) is 0 Å². The molecule has 2 aromatic rings. The molecule has 0 aliphatic rings. The Bertz CT molecular complexity index is 837. The minimum Gasteiger partial charge on any atom is -0.494 e. The summed E-state index contributed by atoms with van der Waals surface area (Å²) in [6.45, 7) is 7.59. The van der Waals surface area contributed by atoms with E-state index >= 15 is 0 Å². The first-order valence-corrected chi connectivity index (χ1v) is 9.70. The third-order valence-electron chi connectivity index (χ3n) is 3.85. The summed E-state index contributed by atoms with van der Waals surface area (Å²) in [4.78, 5) is 22.8. The maximum absolute atomic E-state index is 12.0. The van der Waals surface area contributed by atoms with Crippen LogP contribution in [0.4, 0.5) is 4.79 Å². The van der Waals surface area contributed by atoms with Crippen molar-refractivity contribution in [2.45, 2.75) is 6.92 Å². The second-order valence-corrected chi connectivity index (χ2v) is 5.98. The quantitative estimate of drug-likeness (QED) is 0.304. The lowest BCUT2D eigenvalue weighted by Gasteiger charge is -2.10. The van der Waals surface area contributed by atoms with Crippen LogP contribution < -0.4 is 14.8 Å². The second-order valence-electron chi connectivity index (χ2n) is 5.98. The fourth-order valence-electron chi connectivity index (χ4n) is 2.52. The molecule has 8 nitrogen and oxygen atoms in total. The molecule has 0 saturated carbocycles. The molecule has 0 spiro atoms. The maximum Gasteiger partial charge on any atom is 0.412 e. The Morgan fingerprint density at radius 1 is 1.03 bits per heavy atom. The summed E-state index contributed by atoms with van der Waals surface area (Å²) in [5, 5.41) is 4.39. The van der Waals surface area contributed by atoms with E-state index in [9.17, 15) is 9.59 Å². The van der Waals surface area contributed by atoms with E-state index in [2.05, 4.69) is 11.9 Å². The predicted molar refractivity (Wildman–Crippen MR) is 112 cm³/mol. The molecule has 0 aliphatic carbocycles. The van der Waals surface area contributed by atoms with Gasteiger partial charge in [-0.15, -0.1) is 0 Å². The summed E-state index contributed by atoms with van der Waals surface area (Å²) in [5.74, 6) is 0.761. The lowest BCUT2D eigenvalue weighted by molar-refractivity contribution is -0.139. The fraction of sp³-hybridized carbons (Fsp3) is 0.364. The minimum absolute atomic E-state index is 0.166. The molecule has 2 aromatic carbocycles. The highest BCUT2D eigenvalue weighted by atomic mass is 16.6. The molecule has 0 aliphatic heterocycles. The zero-order chi connectivity index (χ0) is 21.6. The highest BCUT2D eigenvalue weighted by molar-refractivity contribution is 5.91. The number of amides is 1. The van der Waals surface area contributed by atoms with Crippen molar-refractivity contribution in [3.63, 3.8) is 0 Å². The van der Waals surface area contributed by atoms with Crippen LogP contribution in [0.25, 0.3) is 10.8 Å². The summed E-state index contributed by atoms with van der Waals surface area (Å²) in [7, 11) is 0. The summed E-state index contributed by atoms with van der Waals surface area (Å²) >= 11 is 0. The van der Waals surface area contributed by atoms with E-state index in [0.29, 0.717) is 38.7 Å². The molecular formula is C22H27NO7. The molecule has 0 atom stereocenters. The normalized spacial score (nSPS) is 10.4. The van der Waals surface area contributed by atoms with E-state index in [-0.39, 0.29) is 13.2 Å². The first-order chi connectivity index (χ1) is 14.6. The number of carbonyl (C=O) groups is 2. The van der Waals surface area contributed by atoms with E-state index in [4.69, 9.17) is 23.7 Å². The van der Waals surface area contributed by atoms with Crippen LogP contribution in [0.5, 0.6) is 11.5 Å². The van der Waals surface area contributed by atoms with E-state index in [1.54, 1.807) is 6.07 Å². The van der Waals surface area contributed by atoms with Crippen molar-refractivity contribution in [3.05, 3.63) is 49.1 Å². The number of esters is 1. The first-order valence-electron chi connectivity index (χ1n) is 9.70. The van der Waals surface area contributed by atoms with Crippen molar-refractivity contribution in [2.75, 3.05) is 46.2 Å². The Kier molecular flexibility index (Phi) is 10.2. The molecule has 1 amide bonds. The van der Waals surface area contributed by atoms with Gasteiger partial charge in [0.1, 0.15) is 18.1 Å². The SMILES string of the molecule is C=CC(=O)OCCOCCOCCNC(=O)Oc1cccc2cc(OCC)ccc12. The number of carbonyl (C=O) groups excluding carboxylic acids is 2. The van der Waals surface area contributed by atoms with Crippen molar-refractivity contribution >= 4 is 22.8 Å². The molecule has 2 rings (SSSR count). The summed E-state index contributed by atoms with van der Waals surface area (Å²) in [6.07, 6.45) is 0.542. The minimum atomic E-state index is -0.555. The summed E-state index contributed by atoms with van der Waals surface area (Å²) < 4.78 is 26.3. The van der Waals surface area contributed by atoms with Gasteiger partial charge in [-0.25, -0.2) is 9.59 Å². The van der Waals surface area contributed by atoms with E-state index in [1.807, 2.05) is 37.3 Å². The average molecular weight is 417 g/mol. The maximum atomic E-state index is 12.0. The Labute approximate surface area is 175 Å². The zero-order valence-electron chi connectivity index (χ0n) is 17.1. The molecule has 0 heterocycles. The van der Waals surface area contributed by atoms with Crippen LogP contribution >= 0.6 is 0 Å². The van der Waals surface area contributed by atoms with Gasteiger partial charge in [0.05, 0.1) is 33.0 Å². The van der Waals surface area contributed by atoms with E-state index in [0.717, 1.165) is 22.6 Å². The molecule has 0 radical (unpaired) electrons. The van der Waals surface area contributed by atoms with Crippen molar-refractivity contribution in [3.8, 4) is 11.5 Å². The van der Waals surface area contributed by atoms with Gasteiger partial charge in [-0.1, -0.05) is 18.7 Å². The van der Waals surface area contributed by atoms with Crippen LogP contribution in [-0.2, 0) is 19.0 Å². The van der Waals surface area contributed by atoms with Gasteiger partial charge in [-0.05, 0) is 36.6 Å². The molecule has 0 unspecified atom stereocenters. The summed E-state index contributed by atoms with van der Waals surface area (Å²) in [6, 6.07) is 11.1. The highest BCUT2D eigenvalue weighted by Gasteiger charge is 2.08. The highest BCUT2D eigenvalue weighted by Crippen LogP contribution is 2.28. The van der Waals surface area contributed by atoms with Crippen LogP contribution in [0.15, 0.2) is 49.1 Å². The van der Waals surface area contributed by atoms with Crippen molar-refractivity contribution in [1.82, 2.24) is 5.32 Å². The smallest absolute Gasteiger partial charge is 0.412 e. The molecule has 162 valence electrons. The van der Waals surface area contributed by atoms with E-state index < -0.39 is 12.1 Å². The van der Waals surface area contributed by atoms with Crippen molar-refractivity contribution in [1.29, 1.82) is 0 Å². The van der Waals surface area contributed by atoms with Crippen molar-refractivity contribution < 1.29 is 33.3 Å². The molecule has 0 bridgehead atoms. The lowest BCUT2D eigenvalue weighted by atomic mass is 10.1. The number of benzene rings is 2. The largest absolute Gasteiger partial charge is 0.494 e. The Balaban J connectivity index is 1.62.